The number of fused-ring (bicyclic) bond motifs is 1. The van der Waals surface area contributed by atoms with Gasteiger partial charge in [-0.15, -0.1) is 0 Å². The van der Waals surface area contributed by atoms with Crippen LogP contribution in [-0.2, 0) is 25.4 Å². The number of nitrogens with two attached hydrogens (primary N) is 1. The van der Waals surface area contributed by atoms with Crippen molar-refractivity contribution in [2.45, 2.75) is 65.3 Å². The number of imidazole rings is 1. The maximum Gasteiger partial charge on any atom is 0.326 e. The number of benzene rings is 1. The quantitative estimate of drug-likeness (QED) is 0.207. The second kappa shape index (κ2) is 12.3. The Morgan fingerprint density at radius 2 is 1.92 bits per heavy atom. The van der Waals surface area contributed by atoms with Gasteiger partial charge in [-0.2, -0.15) is 0 Å². The van der Waals surface area contributed by atoms with E-state index < -0.39 is 19.0 Å². The van der Waals surface area contributed by atoms with E-state index in [-0.39, 0.29) is 25.1 Å². The Morgan fingerprint density at radius 3 is 2.59 bits per heavy atom. The van der Waals surface area contributed by atoms with Gasteiger partial charge in [0, 0.05) is 11.1 Å². The Bertz CT molecular complexity index is 1250. The topological polar surface area (TPSA) is 146 Å². The summed E-state index contributed by atoms with van der Waals surface area (Å²) in [6, 6.07) is 6.92. The molecule has 37 heavy (non-hydrogen) atoms. The summed E-state index contributed by atoms with van der Waals surface area (Å²) < 4.78 is 27.3. The van der Waals surface area contributed by atoms with Gasteiger partial charge in [-0.3, -0.25) is 9.36 Å². The average molecular weight is 552 g/mol. The Morgan fingerprint density at radius 1 is 1.22 bits per heavy atom. The minimum absolute atomic E-state index is 0.180. The van der Waals surface area contributed by atoms with Crippen LogP contribution in [0.25, 0.3) is 11.2 Å². The highest BCUT2D eigenvalue weighted by molar-refractivity contribution is 7.59. The average Bonchev–Trinajstić information content (AvgIpc) is 3.25. The largest absolute Gasteiger partial charge is 0.464 e. The van der Waals surface area contributed by atoms with Gasteiger partial charge in [0.05, 0.1) is 25.6 Å². The monoisotopic (exact) mass is 551 g/mol. The van der Waals surface area contributed by atoms with Crippen LogP contribution >= 0.6 is 19.0 Å². The summed E-state index contributed by atoms with van der Waals surface area (Å²) in [6.45, 7) is 9.59. The first kappa shape index (κ1) is 29.0. The van der Waals surface area contributed by atoms with E-state index in [0.29, 0.717) is 35.0 Å². The molecule has 202 valence electrons. The highest BCUT2D eigenvalue weighted by Gasteiger charge is 2.38. The Hall–Kier alpha value is -2.56. The molecule has 0 amide bonds. The van der Waals surface area contributed by atoms with Gasteiger partial charge in [0.2, 0.25) is 7.44 Å². The molecule has 3 atom stereocenters. The van der Waals surface area contributed by atoms with E-state index >= 15 is 0 Å². The summed E-state index contributed by atoms with van der Waals surface area (Å²) in [4.78, 5) is 25.1. The van der Waals surface area contributed by atoms with Crippen molar-refractivity contribution in [2.24, 2.45) is 0 Å². The van der Waals surface area contributed by atoms with Crippen molar-refractivity contribution >= 4 is 42.0 Å². The second-order valence-electron chi connectivity index (χ2n) is 9.45. The van der Waals surface area contributed by atoms with Crippen molar-refractivity contribution in [3.63, 3.8) is 0 Å². The van der Waals surface area contributed by atoms with E-state index in [1.807, 2.05) is 32.9 Å². The molecule has 0 radical (unpaired) electrons. The maximum absolute atomic E-state index is 14.2. The van der Waals surface area contributed by atoms with Crippen LogP contribution in [0.5, 0.6) is 0 Å². The number of nitrogens with zero attached hydrogens (tertiary/aromatic N) is 4. The lowest BCUT2D eigenvalue weighted by Gasteiger charge is -2.33. The highest BCUT2D eigenvalue weighted by Crippen LogP contribution is 2.42. The molecule has 3 aromatic rings. The van der Waals surface area contributed by atoms with Gasteiger partial charge in [0.25, 0.3) is 0 Å². The molecule has 2 aromatic heterocycles. The summed E-state index contributed by atoms with van der Waals surface area (Å²) in [5.74, 6) is -0.200. The number of rotatable bonds is 13. The van der Waals surface area contributed by atoms with E-state index in [2.05, 4.69) is 25.1 Å². The van der Waals surface area contributed by atoms with Crippen LogP contribution in [0, 0.1) is 0 Å². The molecule has 13 heteroatoms. The van der Waals surface area contributed by atoms with Gasteiger partial charge in [-0.05, 0) is 51.8 Å². The number of hydrogen-bond donors (Lipinski definition) is 3. The van der Waals surface area contributed by atoms with Gasteiger partial charge in [0.15, 0.2) is 11.5 Å². The number of nitrogen functional groups attached to an aromatic ring is 1. The Labute approximate surface area is 222 Å². The van der Waals surface area contributed by atoms with Crippen LogP contribution in [0.3, 0.4) is 0 Å². The minimum Gasteiger partial charge on any atom is -0.464 e. The number of ether oxygens (including phenoxy) is 2. The number of halogens is 1. The third kappa shape index (κ3) is 7.72. The van der Waals surface area contributed by atoms with Gasteiger partial charge < -0.3 is 19.8 Å². The first-order chi connectivity index (χ1) is 17.4. The van der Waals surface area contributed by atoms with Crippen LogP contribution in [0.15, 0.2) is 36.9 Å². The number of hydrogen-bond acceptors (Lipinski definition) is 8. The van der Waals surface area contributed by atoms with Crippen LogP contribution in [0.4, 0.5) is 5.82 Å². The van der Waals surface area contributed by atoms with Crippen molar-refractivity contribution < 1.29 is 18.8 Å². The molecule has 2 heterocycles. The summed E-state index contributed by atoms with van der Waals surface area (Å²) >= 11 is 6.02. The molecule has 0 aliphatic carbocycles. The van der Waals surface area contributed by atoms with Crippen molar-refractivity contribution in [1.29, 1.82) is 0 Å². The second-order valence-corrected chi connectivity index (χ2v) is 12.1. The predicted octanol–water partition coefficient (Wildman–Crippen LogP) is 4.29. The number of nitrogens with one attached hydrogen (secondary N) is 2. The van der Waals surface area contributed by atoms with Crippen molar-refractivity contribution in [3.8, 4) is 0 Å². The zero-order chi connectivity index (χ0) is 27.2. The fraction of sp³-hybridized carbons (Fsp3) is 0.500. The molecule has 3 rings (SSSR count). The molecule has 0 saturated heterocycles. The molecular formula is C24H35ClN7O4P. The van der Waals surface area contributed by atoms with E-state index in [4.69, 9.17) is 26.8 Å². The van der Waals surface area contributed by atoms with Crippen molar-refractivity contribution in [1.82, 2.24) is 29.7 Å². The molecule has 0 bridgehead atoms. The molecule has 0 aliphatic heterocycles. The number of carbonyl (C=O) groups excluding carboxylic acids is 1. The SMILES string of the molecule is CCCOC(=O)C(C)(C)NP(=O)(CO[C@@H](C)Cn1cnc2c(N)ncnc21)N[C@@H](C)c1ccc(Cl)cc1. The number of anilines is 1. The molecule has 0 aliphatic rings. The first-order valence-electron chi connectivity index (χ1n) is 12.1. The van der Waals surface area contributed by atoms with Gasteiger partial charge in [0.1, 0.15) is 23.7 Å². The smallest absolute Gasteiger partial charge is 0.326 e. The van der Waals surface area contributed by atoms with Gasteiger partial charge >= 0.3 is 5.97 Å². The molecule has 1 unspecified atom stereocenters. The summed E-state index contributed by atoms with van der Waals surface area (Å²) in [7, 11) is -3.49. The molecule has 11 nitrogen and oxygen atoms in total. The van der Waals surface area contributed by atoms with Gasteiger partial charge in [-0.25, -0.2) is 25.1 Å². The zero-order valence-corrected chi connectivity index (χ0v) is 23.4. The normalized spacial score (nSPS) is 15.3. The van der Waals surface area contributed by atoms with E-state index in [9.17, 15) is 9.36 Å². The Balaban J connectivity index is 1.76. The summed E-state index contributed by atoms with van der Waals surface area (Å²) in [5.41, 5.74) is 6.62. The minimum atomic E-state index is -3.49. The van der Waals surface area contributed by atoms with Gasteiger partial charge in [-0.1, -0.05) is 30.7 Å². The van der Waals surface area contributed by atoms with Crippen molar-refractivity contribution in [3.05, 3.63) is 47.5 Å². The standard InChI is InChI=1S/C24H35ClN7O4P/c1-6-11-35-23(33)24(4,5)31-37(34,30-17(3)18-7-9-19(25)10-8-18)15-36-16(2)12-32-14-29-20-21(26)27-13-28-22(20)32/h7-10,13-14,16-17H,6,11-12,15H2,1-5H3,(H2,26,27,28)(H2,30,31,34)/t16-,17-,37?/m0/s1. The van der Waals surface area contributed by atoms with E-state index in [0.717, 1.165) is 5.56 Å². The molecule has 0 fully saturated rings. The lowest BCUT2D eigenvalue weighted by Crippen LogP contribution is -2.49. The maximum atomic E-state index is 14.2. The fourth-order valence-electron chi connectivity index (χ4n) is 3.71. The summed E-state index contributed by atoms with van der Waals surface area (Å²) in [6.07, 6.45) is 3.13. The first-order valence-corrected chi connectivity index (χ1v) is 14.3. The summed E-state index contributed by atoms with van der Waals surface area (Å²) in [5, 5.41) is 6.77. The van der Waals surface area contributed by atoms with E-state index in [1.54, 1.807) is 36.9 Å². The number of esters is 1. The fourth-order valence-corrected chi connectivity index (χ4v) is 6.27. The third-order valence-corrected chi connectivity index (χ3v) is 8.09. The Kier molecular flexibility index (Phi) is 9.66. The highest BCUT2D eigenvalue weighted by atomic mass is 35.5. The number of carbonyl (C=O) groups is 1. The molecule has 0 saturated carbocycles. The van der Waals surface area contributed by atoms with Crippen molar-refractivity contribution in [2.75, 3.05) is 18.7 Å². The van der Waals surface area contributed by atoms with Crippen LogP contribution in [0.1, 0.15) is 52.6 Å². The number of aromatic nitrogens is 4. The van der Waals surface area contributed by atoms with Crippen LogP contribution < -0.4 is 15.9 Å². The molecule has 4 N–H and O–H groups in total. The van der Waals surface area contributed by atoms with E-state index in [1.165, 1.54) is 6.33 Å². The predicted molar refractivity (Wildman–Crippen MR) is 144 cm³/mol. The lowest BCUT2D eigenvalue weighted by atomic mass is 10.1. The van der Waals surface area contributed by atoms with Crippen LogP contribution in [0.2, 0.25) is 5.02 Å². The lowest BCUT2D eigenvalue weighted by molar-refractivity contribution is -0.149. The molecular weight excluding hydrogens is 517 g/mol. The third-order valence-electron chi connectivity index (χ3n) is 5.60. The zero-order valence-electron chi connectivity index (χ0n) is 21.8. The molecule has 0 spiro atoms. The van der Waals surface area contributed by atoms with Crippen LogP contribution in [-0.4, -0.2) is 50.1 Å². The molecule has 1 aromatic carbocycles.